The first-order valence-electron chi connectivity index (χ1n) is 13.4. The summed E-state index contributed by atoms with van der Waals surface area (Å²) in [6.07, 6.45) is 5.52. The zero-order chi connectivity index (χ0) is 31.3. The summed E-state index contributed by atoms with van der Waals surface area (Å²) >= 11 is 12.7. The number of anilines is 3. The van der Waals surface area contributed by atoms with Crippen LogP contribution in [0.15, 0.2) is 43.2 Å². The van der Waals surface area contributed by atoms with Gasteiger partial charge in [-0.25, -0.2) is 14.4 Å². The highest BCUT2D eigenvalue weighted by Crippen LogP contribution is 2.44. The van der Waals surface area contributed by atoms with Crippen molar-refractivity contribution in [2.45, 2.75) is 20.3 Å². The van der Waals surface area contributed by atoms with E-state index in [0.717, 1.165) is 16.8 Å². The van der Waals surface area contributed by atoms with Gasteiger partial charge in [0, 0.05) is 74.9 Å². The summed E-state index contributed by atoms with van der Waals surface area (Å²) in [6, 6.07) is 5.46. The summed E-state index contributed by atoms with van der Waals surface area (Å²) in [5, 5.41) is 3.22. The van der Waals surface area contributed by atoms with Crippen LogP contribution in [-0.4, -0.2) is 67.0 Å². The van der Waals surface area contributed by atoms with E-state index >= 15 is 4.39 Å². The number of carbonyl (C=O) groups is 2. The van der Waals surface area contributed by atoms with Gasteiger partial charge < -0.3 is 24.6 Å². The zero-order valence-corrected chi connectivity index (χ0v) is 25.9. The lowest BCUT2D eigenvalue weighted by molar-refractivity contribution is -0.129. The molecular formula is C31H32Cl2FN5O4. The Morgan fingerprint density at radius 2 is 1.65 bits per heavy atom. The number of hydrogen-bond donors (Lipinski definition) is 1. The summed E-state index contributed by atoms with van der Waals surface area (Å²) in [6.45, 7) is 9.76. The second-order valence-electron chi connectivity index (χ2n) is 9.88. The van der Waals surface area contributed by atoms with Gasteiger partial charge in [0.2, 0.25) is 11.9 Å². The maximum absolute atomic E-state index is 15.4. The number of benzene rings is 2. The maximum Gasteiger partial charge on any atom is 0.227 e. The predicted molar refractivity (Wildman–Crippen MR) is 168 cm³/mol. The Morgan fingerprint density at radius 1 is 1.05 bits per heavy atom. The molecule has 1 aromatic heterocycles. The van der Waals surface area contributed by atoms with E-state index in [1.54, 1.807) is 6.92 Å². The molecule has 4 rings (SSSR count). The third-order valence-electron chi connectivity index (χ3n) is 7.10. The lowest BCUT2D eigenvalue weighted by atomic mass is 10.0. The molecule has 12 heteroatoms. The number of piperazine rings is 1. The number of amides is 1. The molecular weight excluding hydrogens is 596 g/mol. The molecule has 9 nitrogen and oxygen atoms in total. The standard InChI is InChI=1S/C31H32Cl2FN5O4/c1-6-23(41)14-21-13-22(39-9-7-38(8-10-39)19(3)40)11-18(2)30(21)37-31-35-16-20(17-36-31)12-24(34)27-28(32)25(42-4)15-26(43-5)29(27)33/h6,11-13,15-17H,1,7-10,14H2,2-5H3,(H,35,36,37)/b24-12-. The van der Waals surface area contributed by atoms with Crippen molar-refractivity contribution in [3.63, 3.8) is 0 Å². The molecule has 3 aromatic rings. The number of nitrogens with one attached hydrogen (secondary N) is 1. The molecule has 0 bridgehead atoms. The van der Waals surface area contributed by atoms with E-state index in [1.165, 1.54) is 44.8 Å². The average Bonchev–Trinajstić information content (AvgIpc) is 2.99. The molecule has 0 spiro atoms. The van der Waals surface area contributed by atoms with Crippen molar-refractivity contribution in [3.05, 3.63) is 75.5 Å². The van der Waals surface area contributed by atoms with E-state index < -0.39 is 5.83 Å². The quantitative estimate of drug-likeness (QED) is 0.262. The van der Waals surface area contributed by atoms with Crippen molar-refractivity contribution in [1.29, 1.82) is 0 Å². The molecule has 1 fully saturated rings. The Balaban J connectivity index is 1.60. The van der Waals surface area contributed by atoms with Gasteiger partial charge >= 0.3 is 0 Å². The summed E-state index contributed by atoms with van der Waals surface area (Å²) < 4.78 is 25.8. The highest BCUT2D eigenvalue weighted by atomic mass is 35.5. The van der Waals surface area contributed by atoms with E-state index in [1.807, 2.05) is 24.0 Å². The van der Waals surface area contributed by atoms with Crippen LogP contribution in [0.1, 0.15) is 29.2 Å². The Hall–Kier alpha value is -4.15. The van der Waals surface area contributed by atoms with Crippen LogP contribution in [0, 0.1) is 6.92 Å². The largest absolute Gasteiger partial charge is 0.495 e. The lowest BCUT2D eigenvalue weighted by Gasteiger charge is -2.36. The first-order valence-corrected chi connectivity index (χ1v) is 14.2. The summed E-state index contributed by atoms with van der Waals surface area (Å²) in [5.41, 5.74) is 3.57. The normalized spacial score (nSPS) is 13.5. The third-order valence-corrected chi connectivity index (χ3v) is 7.85. The van der Waals surface area contributed by atoms with Gasteiger partial charge in [-0.3, -0.25) is 9.59 Å². The molecule has 2 heterocycles. The second kappa shape index (κ2) is 13.9. The Morgan fingerprint density at radius 3 is 2.19 bits per heavy atom. The fourth-order valence-electron chi connectivity index (χ4n) is 4.78. The van der Waals surface area contributed by atoms with E-state index in [2.05, 4.69) is 26.8 Å². The van der Waals surface area contributed by atoms with Gasteiger partial charge in [-0.05, 0) is 42.3 Å². The minimum atomic E-state index is -0.725. The Labute approximate surface area is 259 Å². The number of allylic oxidation sites excluding steroid dienone is 1. The number of ketones is 1. The SMILES string of the molecule is C=CC(=O)Cc1cc(N2CCN(C(C)=O)CC2)cc(C)c1Nc1ncc(/C=C(\F)c2c(Cl)c(OC)cc(OC)c2Cl)cn1. The molecule has 0 unspecified atom stereocenters. The average molecular weight is 629 g/mol. The molecule has 0 radical (unpaired) electrons. The molecule has 0 saturated carbocycles. The monoisotopic (exact) mass is 627 g/mol. The fourth-order valence-corrected chi connectivity index (χ4v) is 5.46. The smallest absolute Gasteiger partial charge is 0.227 e. The Bertz CT molecular complexity index is 1540. The molecule has 1 N–H and O–H groups in total. The lowest BCUT2D eigenvalue weighted by Crippen LogP contribution is -2.48. The summed E-state index contributed by atoms with van der Waals surface area (Å²) in [4.78, 5) is 36.8. The maximum atomic E-state index is 15.4. The molecule has 1 aliphatic rings. The van der Waals surface area contributed by atoms with Crippen LogP contribution in [0.25, 0.3) is 11.9 Å². The van der Waals surface area contributed by atoms with Crippen LogP contribution in [-0.2, 0) is 16.0 Å². The summed E-state index contributed by atoms with van der Waals surface area (Å²) in [7, 11) is 2.81. The van der Waals surface area contributed by atoms with Crippen molar-refractivity contribution in [3.8, 4) is 11.5 Å². The van der Waals surface area contributed by atoms with E-state index in [4.69, 9.17) is 32.7 Å². The number of hydrogen-bond acceptors (Lipinski definition) is 8. The van der Waals surface area contributed by atoms with Crippen molar-refractivity contribution in [2.24, 2.45) is 0 Å². The van der Waals surface area contributed by atoms with Crippen LogP contribution in [0.2, 0.25) is 10.0 Å². The molecule has 1 saturated heterocycles. The van der Waals surface area contributed by atoms with Crippen LogP contribution < -0.4 is 19.7 Å². The van der Waals surface area contributed by atoms with Crippen molar-refractivity contribution in [1.82, 2.24) is 14.9 Å². The van der Waals surface area contributed by atoms with Gasteiger partial charge in [-0.1, -0.05) is 29.8 Å². The number of carbonyl (C=O) groups excluding carboxylic acids is 2. The first-order chi connectivity index (χ1) is 20.6. The molecule has 0 atom stereocenters. The minimum Gasteiger partial charge on any atom is -0.495 e. The second-order valence-corrected chi connectivity index (χ2v) is 10.6. The number of methoxy groups -OCH3 is 2. The van der Waals surface area contributed by atoms with Gasteiger partial charge in [0.1, 0.15) is 17.3 Å². The van der Waals surface area contributed by atoms with Gasteiger partial charge in [0.15, 0.2) is 5.78 Å². The topological polar surface area (TPSA) is 96.9 Å². The van der Waals surface area contributed by atoms with E-state index in [9.17, 15) is 9.59 Å². The minimum absolute atomic E-state index is 0.00232. The number of halogens is 3. The van der Waals surface area contributed by atoms with Gasteiger partial charge in [0.05, 0.1) is 29.8 Å². The highest BCUT2D eigenvalue weighted by Gasteiger charge is 2.22. The number of rotatable bonds is 10. The summed E-state index contributed by atoms with van der Waals surface area (Å²) in [5.74, 6) is -0.119. The zero-order valence-electron chi connectivity index (χ0n) is 24.3. The van der Waals surface area contributed by atoms with Crippen LogP contribution in [0.3, 0.4) is 0 Å². The van der Waals surface area contributed by atoms with Crippen LogP contribution in [0.5, 0.6) is 11.5 Å². The molecule has 1 amide bonds. The molecule has 226 valence electrons. The number of ether oxygens (including phenoxy) is 2. The van der Waals surface area contributed by atoms with Gasteiger partial charge in [-0.2, -0.15) is 0 Å². The van der Waals surface area contributed by atoms with Gasteiger partial charge in [-0.15, -0.1) is 0 Å². The third kappa shape index (κ3) is 7.26. The molecule has 43 heavy (non-hydrogen) atoms. The molecule has 0 aliphatic carbocycles. The van der Waals surface area contributed by atoms with E-state index in [0.29, 0.717) is 37.4 Å². The van der Waals surface area contributed by atoms with Crippen molar-refractivity contribution < 1.29 is 23.5 Å². The fraction of sp³-hybridized carbons (Fsp3) is 0.290. The Kier molecular flexibility index (Phi) is 10.3. The van der Waals surface area contributed by atoms with Crippen LogP contribution in [0.4, 0.5) is 21.7 Å². The first kappa shape index (κ1) is 31.8. The van der Waals surface area contributed by atoms with Crippen molar-refractivity contribution in [2.75, 3.05) is 50.6 Å². The molecule has 2 aromatic carbocycles. The predicted octanol–water partition coefficient (Wildman–Crippen LogP) is 6.29. The highest BCUT2D eigenvalue weighted by molar-refractivity contribution is 6.39. The van der Waals surface area contributed by atoms with Crippen LogP contribution >= 0.6 is 23.2 Å². The van der Waals surface area contributed by atoms with Gasteiger partial charge in [0.25, 0.3) is 0 Å². The number of nitrogens with zero attached hydrogens (tertiary/aromatic N) is 4. The van der Waals surface area contributed by atoms with E-state index in [-0.39, 0.29) is 51.2 Å². The number of aromatic nitrogens is 2. The van der Waals surface area contributed by atoms with Crippen molar-refractivity contribution >= 4 is 64.1 Å². The molecule has 1 aliphatic heterocycles. The number of aryl methyl sites for hydroxylation is 1.